The summed E-state index contributed by atoms with van der Waals surface area (Å²) in [6.07, 6.45) is 1.06. The van der Waals surface area contributed by atoms with Crippen molar-refractivity contribution in [3.8, 4) is 11.5 Å². The van der Waals surface area contributed by atoms with Crippen LogP contribution in [0.5, 0.6) is 11.5 Å². The summed E-state index contributed by atoms with van der Waals surface area (Å²) in [6, 6.07) is 13.7. The van der Waals surface area contributed by atoms with Crippen molar-refractivity contribution >= 4 is 21.6 Å². The highest BCUT2D eigenvalue weighted by Gasteiger charge is 2.25. The minimum absolute atomic E-state index is 0.326. The third-order valence-corrected chi connectivity index (χ3v) is 5.23. The number of carbonyl (C=O) groups excluding carboxylic acids is 1. The van der Waals surface area contributed by atoms with Crippen LogP contribution in [0.1, 0.15) is 25.5 Å². The van der Waals surface area contributed by atoms with Crippen LogP contribution < -0.4 is 19.1 Å². The first kappa shape index (κ1) is 21.6. The first-order valence-electron chi connectivity index (χ1n) is 8.89. The van der Waals surface area contributed by atoms with Gasteiger partial charge in [0.25, 0.3) is 0 Å². The van der Waals surface area contributed by atoms with Crippen molar-refractivity contribution < 1.29 is 22.7 Å². The highest BCUT2D eigenvalue weighted by molar-refractivity contribution is 7.92. The molecule has 1 atom stereocenters. The molecule has 0 aromatic heterocycles. The molecule has 0 spiro atoms. The van der Waals surface area contributed by atoms with Gasteiger partial charge in [-0.25, -0.2) is 8.42 Å². The molecule has 0 saturated heterocycles. The van der Waals surface area contributed by atoms with E-state index in [0.717, 1.165) is 16.1 Å². The SMILES string of the molecule is CCOc1ccccc1N(CC(=O)NC(C)c1ccccc1OC)S(C)(=O)=O. The van der Waals surface area contributed by atoms with Gasteiger partial charge in [0.2, 0.25) is 15.9 Å². The van der Waals surface area contributed by atoms with Gasteiger partial charge in [0.15, 0.2) is 0 Å². The Labute approximate surface area is 166 Å². The van der Waals surface area contributed by atoms with E-state index in [4.69, 9.17) is 9.47 Å². The number of sulfonamides is 1. The topological polar surface area (TPSA) is 84.9 Å². The number of nitrogens with one attached hydrogen (secondary N) is 1. The van der Waals surface area contributed by atoms with Gasteiger partial charge in [-0.15, -0.1) is 0 Å². The van der Waals surface area contributed by atoms with Gasteiger partial charge in [0.1, 0.15) is 18.0 Å². The molecule has 0 saturated carbocycles. The normalized spacial score (nSPS) is 12.1. The number of ether oxygens (including phenoxy) is 2. The predicted octanol–water partition coefficient (Wildman–Crippen LogP) is 2.74. The average molecular weight is 407 g/mol. The first-order chi connectivity index (χ1) is 13.3. The maximum Gasteiger partial charge on any atom is 0.241 e. The molecule has 2 aromatic carbocycles. The molecule has 0 bridgehead atoms. The summed E-state index contributed by atoms with van der Waals surface area (Å²) in [5.74, 6) is 0.619. The van der Waals surface area contributed by atoms with Crippen molar-refractivity contribution in [1.29, 1.82) is 0 Å². The third-order valence-electron chi connectivity index (χ3n) is 4.10. The summed E-state index contributed by atoms with van der Waals surface area (Å²) in [5.41, 5.74) is 1.13. The van der Waals surface area contributed by atoms with Crippen molar-refractivity contribution in [3.05, 3.63) is 54.1 Å². The molecule has 7 nitrogen and oxygen atoms in total. The number of benzene rings is 2. The number of hydrogen-bond donors (Lipinski definition) is 1. The van der Waals surface area contributed by atoms with E-state index < -0.39 is 15.9 Å². The lowest BCUT2D eigenvalue weighted by atomic mass is 10.1. The zero-order valence-electron chi connectivity index (χ0n) is 16.5. The summed E-state index contributed by atoms with van der Waals surface area (Å²) in [5, 5.41) is 2.83. The number of amides is 1. The number of para-hydroxylation sites is 3. The smallest absolute Gasteiger partial charge is 0.241 e. The average Bonchev–Trinajstić information content (AvgIpc) is 2.66. The molecule has 1 unspecified atom stereocenters. The maximum atomic E-state index is 12.6. The third kappa shape index (κ3) is 5.39. The quantitative estimate of drug-likeness (QED) is 0.692. The van der Waals surface area contributed by atoms with E-state index in [2.05, 4.69) is 5.32 Å². The number of rotatable bonds is 9. The molecular formula is C20H26N2O5S. The van der Waals surface area contributed by atoms with Crippen molar-refractivity contribution in [2.45, 2.75) is 19.9 Å². The van der Waals surface area contributed by atoms with Crippen LogP contribution >= 0.6 is 0 Å². The fourth-order valence-corrected chi connectivity index (χ4v) is 3.70. The maximum absolute atomic E-state index is 12.6. The second-order valence-electron chi connectivity index (χ2n) is 6.20. The predicted molar refractivity (Wildman–Crippen MR) is 109 cm³/mol. The first-order valence-corrected chi connectivity index (χ1v) is 10.7. The van der Waals surface area contributed by atoms with Crippen molar-refractivity contribution in [2.75, 3.05) is 30.8 Å². The van der Waals surface area contributed by atoms with Crippen LogP contribution in [0.3, 0.4) is 0 Å². The van der Waals surface area contributed by atoms with E-state index in [0.29, 0.717) is 23.8 Å². The minimum Gasteiger partial charge on any atom is -0.496 e. The monoisotopic (exact) mass is 406 g/mol. The van der Waals surface area contributed by atoms with Gasteiger partial charge >= 0.3 is 0 Å². The van der Waals surface area contributed by atoms with Gasteiger partial charge in [-0.3, -0.25) is 9.10 Å². The van der Waals surface area contributed by atoms with Gasteiger partial charge in [0, 0.05) is 5.56 Å². The molecular weight excluding hydrogens is 380 g/mol. The summed E-state index contributed by atoms with van der Waals surface area (Å²) in [7, 11) is -2.14. The molecule has 1 N–H and O–H groups in total. The second kappa shape index (κ2) is 9.45. The van der Waals surface area contributed by atoms with Crippen LogP contribution in [0.2, 0.25) is 0 Å². The Morgan fingerprint density at radius 2 is 1.71 bits per heavy atom. The highest BCUT2D eigenvalue weighted by Crippen LogP contribution is 2.30. The molecule has 0 aliphatic rings. The van der Waals surface area contributed by atoms with E-state index in [9.17, 15) is 13.2 Å². The Morgan fingerprint density at radius 3 is 2.32 bits per heavy atom. The lowest BCUT2D eigenvalue weighted by Gasteiger charge is -2.25. The summed E-state index contributed by atoms with van der Waals surface area (Å²) < 4.78 is 36.6. The van der Waals surface area contributed by atoms with E-state index in [1.807, 2.05) is 32.0 Å². The lowest BCUT2D eigenvalue weighted by Crippen LogP contribution is -2.41. The van der Waals surface area contributed by atoms with Gasteiger partial charge in [-0.2, -0.15) is 0 Å². The Balaban J connectivity index is 2.23. The van der Waals surface area contributed by atoms with E-state index in [1.54, 1.807) is 37.4 Å². The van der Waals surface area contributed by atoms with Crippen LogP contribution in [-0.2, 0) is 14.8 Å². The fourth-order valence-electron chi connectivity index (χ4n) is 2.84. The second-order valence-corrected chi connectivity index (χ2v) is 8.11. The molecule has 0 heterocycles. The van der Waals surface area contributed by atoms with E-state index in [1.165, 1.54) is 0 Å². The molecule has 152 valence electrons. The fraction of sp³-hybridized carbons (Fsp3) is 0.350. The largest absolute Gasteiger partial charge is 0.496 e. The summed E-state index contributed by atoms with van der Waals surface area (Å²) in [6.45, 7) is 3.64. The highest BCUT2D eigenvalue weighted by atomic mass is 32.2. The molecule has 2 rings (SSSR count). The zero-order valence-corrected chi connectivity index (χ0v) is 17.3. The summed E-state index contributed by atoms with van der Waals surface area (Å²) in [4.78, 5) is 12.6. The van der Waals surface area contributed by atoms with Crippen molar-refractivity contribution in [2.24, 2.45) is 0 Å². The molecule has 0 radical (unpaired) electrons. The standard InChI is InChI=1S/C20H26N2O5S/c1-5-27-19-13-9-7-11-17(19)22(28(4,24)25)14-20(23)21-15(2)16-10-6-8-12-18(16)26-3/h6-13,15H,5,14H2,1-4H3,(H,21,23). The molecule has 0 fully saturated rings. The van der Waals surface area contributed by atoms with Crippen LogP contribution in [0.25, 0.3) is 0 Å². The number of nitrogens with zero attached hydrogens (tertiary/aromatic N) is 1. The number of hydrogen-bond acceptors (Lipinski definition) is 5. The molecule has 0 aliphatic carbocycles. The number of carbonyl (C=O) groups is 1. The Hall–Kier alpha value is -2.74. The van der Waals surface area contributed by atoms with Crippen LogP contribution in [-0.4, -0.2) is 40.8 Å². The minimum atomic E-state index is -3.70. The molecule has 0 aliphatic heterocycles. The van der Waals surface area contributed by atoms with Gasteiger partial charge in [-0.1, -0.05) is 30.3 Å². The van der Waals surface area contributed by atoms with Crippen LogP contribution in [0.4, 0.5) is 5.69 Å². The Morgan fingerprint density at radius 1 is 1.11 bits per heavy atom. The number of methoxy groups -OCH3 is 1. The molecule has 28 heavy (non-hydrogen) atoms. The van der Waals surface area contributed by atoms with E-state index >= 15 is 0 Å². The lowest BCUT2D eigenvalue weighted by molar-refractivity contribution is -0.120. The van der Waals surface area contributed by atoms with Crippen molar-refractivity contribution in [3.63, 3.8) is 0 Å². The molecule has 1 amide bonds. The number of anilines is 1. The van der Waals surface area contributed by atoms with Crippen LogP contribution in [0.15, 0.2) is 48.5 Å². The Bertz CT molecular complexity index is 914. The van der Waals surface area contributed by atoms with Crippen molar-refractivity contribution in [1.82, 2.24) is 5.32 Å². The molecule has 2 aromatic rings. The zero-order chi connectivity index (χ0) is 20.7. The summed E-state index contributed by atoms with van der Waals surface area (Å²) >= 11 is 0. The van der Waals surface area contributed by atoms with Gasteiger partial charge in [-0.05, 0) is 32.0 Å². The molecule has 8 heteroatoms. The Kier molecular flexibility index (Phi) is 7.28. The van der Waals surface area contributed by atoms with E-state index in [-0.39, 0.29) is 12.6 Å². The van der Waals surface area contributed by atoms with Gasteiger partial charge < -0.3 is 14.8 Å². The van der Waals surface area contributed by atoms with Gasteiger partial charge in [0.05, 0.1) is 31.7 Å². The van der Waals surface area contributed by atoms with Crippen LogP contribution in [0, 0.1) is 0 Å².